The third-order valence-electron chi connectivity index (χ3n) is 2.16. The van der Waals surface area contributed by atoms with Gasteiger partial charge in [0.2, 0.25) is 11.9 Å². The van der Waals surface area contributed by atoms with E-state index in [1.165, 1.54) is 0 Å². The number of aliphatic hydroxyl groups excluding tert-OH is 1. The minimum absolute atomic E-state index is 0.111. The van der Waals surface area contributed by atoms with Crippen molar-refractivity contribution >= 4 is 11.9 Å². The van der Waals surface area contributed by atoms with Crippen LogP contribution < -0.4 is 10.2 Å². The minimum Gasteiger partial charge on any atom is -0.393 e. The molecule has 0 aromatic carbocycles. The highest BCUT2D eigenvalue weighted by molar-refractivity contribution is 5.80. The van der Waals surface area contributed by atoms with E-state index in [-0.39, 0.29) is 12.5 Å². The minimum atomic E-state index is -0.398. The fourth-order valence-electron chi connectivity index (χ4n) is 1.25. The second-order valence-electron chi connectivity index (χ2n) is 3.89. The fourth-order valence-corrected chi connectivity index (χ4v) is 1.25. The number of aliphatic hydroxyl groups is 1. The highest BCUT2D eigenvalue weighted by atomic mass is 16.3. The van der Waals surface area contributed by atoms with Gasteiger partial charge in [-0.1, -0.05) is 0 Å². The van der Waals surface area contributed by atoms with Gasteiger partial charge in [0, 0.05) is 26.0 Å². The molecule has 94 valence electrons. The molecule has 1 heterocycles. The van der Waals surface area contributed by atoms with Gasteiger partial charge in [-0.25, -0.2) is 9.97 Å². The van der Waals surface area contributed by atoms with Crippen molar-refractivity contribution in [2.24, 2.45) is 0 Å². The summed E-state index contributed by atoms with van der Waals surface area (Å²) in [4.78, 5) is 21.3. The molecule has 6 heteroatoms. The van der Waals surface area contributed by atoms with E-state index in [4.69, 9.17) is 5.11 Å². The van der Waals surface area contributed by atoms with Crippen molar-refractivity contribution in [3.05, 3.63) is 18.5 Å². The molecule has 0 radical (unpaired) electrons. The first-order valence-electron chi connectivity index (χ1n) is 5.52. The first kappa shape index (κ1) is 13.4. The van der Waals surface area contributed by atoms with Crippen molar-refractivity contribution in [3.63, 3.8) is 0 Å². The van der Waals surface area contributed by atoms with Gasteiger partial charge in [0.05, 0.1) is 12.6 Å². The fraction of sp³-hybridized carbons (Fsp3) is 0.545. The first-order valence-corrected chi connectivity index (χ1v) is 5.52. The van der Waals surface area contributed by atoms with Gasteiger partial charge in [-0.3, -0.25) is 4.79 Å². The second kappa shape index (κ2) is 6.80. The predicted molar refractivity (Wildman–Crippen MR) is 64.6 cm³/mol. The van der Waals surface area contributed by atoms with E-state index in [0.717, 1.165) is 0 Å². The molecule has 6 nitrogen and oxygen atoms in total. The highest BCUT2D eigenvalue weighted by Crippen LogP contribution is 2.00. The number of amides is 1. The van der Waals surface area contributed by atoms with Gasteiger partial charge in [0.1, 0.15) is 0 Å². The average Bonchev–Trinajstić information content (AvgIpc) is 2.29. The van der Waals surface area contributed by atoms with Gasteiger partial charge in [-0.2, -0.15) is 0 Å². The molecule has 1 rings (SSSR count). The van der Waals surface area contributed by atoms with E-state index >= 15 is 0 Å². The SMILES string of the molecule is CC(O)CCNC(=O)CN(C)c1ncccn1. The quantitative estimate of drug-likeness (QED) is 0.717. The lowest BCUT2D eigenvalue weighted by Gasteiger charge is -2.16. The molecular weight excluding hydrogens is 220 g/mol. The van der Waals surface area contributed by atoms with Crippen LogP contribution in [0.2, 0.25) is 0 Å². The summed E-state index contributed by atoms with van der Waals surface area (Å²) in [5, 5.41) is 11.8. The number of aromatic nitrogens is 2. The Labute approximate surface area is 101 Å². The standard InChI is InChI=1S/C11H18N4O2/c1-9(16)4-7-12-10(17)8-15(2)11-13-5-3-6-14-11/h3,5-6,9,16H,4,7-8H2,1-2H3,(H,12,17). The molecule has 0 fully saturated rings. The van der Waals surface area contributed by atoms with Gasteiger partial charge in [0.15, 0.2) is 0 Å². The molecule has 0 aliphatic rings. The summed E-state index contributed by atoms with van der Waals surface area (Å²) in [5.74, 6) is 0.402. The third-order valence-corrected chi connectivity index (χ3v) is 2.16. The summed E-state index contributed by atoms with van der Waals surface area (Å²) in [7, 11) is 1.75. The van der Waals surface area contributed by atoms with Crippen molar-refractivity contribution in [1.82, 2.24) is 15.3 Å². The molecule has 0 bridgehead atoms. The van der Waals surface area contributed by atoms with Gasteiger partial charge in [0.25, 0.3) is 0 Å². The van der Waals surface area contributed by atoms with Crippen molar-refractivity contribution in [2.75, 3.05) is 25.0 Å². The predicted octanol–water partition coefficient (Wildman–Crippen LogP) is -0.200. The summed E-state index contributed by atoms with van der Waals surface area (Å²) in [6, 6.07) is 1.72. The van der Waals surface area contributed by atoms with Crippen LogP contribution in [0.5, 0.6) is 0 Å². The molecule has 0 spiro atoms. The van der Waals surface area contributed by atoms with E-state index in [1.807, 2.05) is 0 Å². The van der Waals surface area contributed by atoms with Crippen LogP contribution in [-0.2, 0) is 4.79 Å². The first-order chi connectivity index (χ1) is 8.09. The molecule has 1 amide bonds. The Bertz CT molecular complexity index is 343. The van der Waals surface area contributed by atoms with Crippen LogP contribution in [0.15, 0.2) is 18.5 Å². The number of rotatable bonds is 6. The topological polar surface area (TPSA) is 78.4 Å². The number of hydrogen-bond acceptors (Lipinski definition) is 5. The number of nitrogens with zero attached hydrogens (tertiary/aromatic N) is 3. The van der Waals surface area contributed by atoms with Crippen LogP contribution in [0.25, 0.3) is 0 Å². The monoisotopic (exact) mass is 238 g/mol. The van der Waals surface area contributed by atoms with Crippen LogP contribution in [0.3, 0.4) is 0 Å². The molecule has 1 atom stereocenters. The Kier molecular flexibility index (Phi) is 5.35. The van der Waals surface area contributed by atoms with Crippen LogP contribution in [0.1, 0.15) is 13.3 Å². The van der Waals surface area contributed by atoms with E-state index < -0.39 is 6.10 Å². The van der Waals surface area contributed by atoms with Crippen LogP contribution in [-0.4, -0.2) is 47.2 Å². The van der Waals surface area contributed by atoms with Gasteiger partial charge in [-0.05, 0) is 19.4 Å². The Morgan fingerprint density at radius 2 is 2.18 bits per heavy atom. The van der Waals surface area contributed by atoms with E-state index in [9.17, 15) is 4.79 Å². The lowest BCUT2D eigenvalue weighted by atomic mass is 10.3. The lowest BCUT2D eigenvalue weighted by Crippen LogP contribution is -2.36. The number of anilines is 1. The zero-order valence-electron chi connectivity index (χ0n) is 10.1. The van der Waals surface area contributed by atoms with Crippen LogP contribution in [0.4, 0.5) is 5.95 Å². The van der Waals surface area contributed by atoms with Crippen molar-refractivity contribution < 1.29 is 9.90 Å². The van der Waals surface area contributed by atoms with Crippen molar-refractivity contribution in [2.45, 2.75) is 19.4 Å². The van der Waals surface area contributed by atoms with E-state index in [2.05, 4.69) is 15.3 Å². The molecular formula is C11H18N4O2. The largest absolute Gasteiger partial charge is 0.393 e. The zero-order chi connectivity index (χ0) is 12.7. The van der Waals surface area contributed by atoms with Gasteiger partial charge in [-0.15, -0.1) is 0 Å². The molecule has 0 aliphatic heterocycles. The van der Waals surface area contributed by atoms with Gasteiger partial charge >= 0.3 is 0 Å². The summed E-state index contributed by atoms with van der Waals surface area (Å²) < 4.78 is 0. The Morgan fingerprint density at radius 1 is 1.53 bits per heavy atom. The number of carbonyl (C=O) groups excluding carboxylic acids is 1. The molecule has 0 saturated carbocycles. The maximum absolute atomic E-state index is 11.5. The summed E-state index contributed by atoms with van der Waals surface area (Å²) in [6.45, 7) is 2.36. The van der Waals surface area contributed by atoms with Crippen LogP contribution >= 0.6 is 0 Å². The smallest absolute Gasteiger partial charge is 0.239 e. The van der Waals surface area contributed by atoms with Crippen molar-refractivity contribution in [1.29, 1.82) is 0 Å². The maximum Gasteiger partial charge on any atom is 0.239 e. The van der Waals surface area contributed by atoms with E-state index in [1.54, 1.807) is 37.3 Å². The van der Waals surface area contributed by atoms with Crippen LogP contribution in [0, 0.1) is 0 Å². The molecule has 17 heavy (non-hydrogen) atoms. The van der Waals surface area contributed by atoms with Crippen molar-refractivity contribution in [3.8, 4) is 0 Å². The summed E-state index contributed by atoms with van der Waals surface area (Å²) in [6.07, 6.45) is 3.41. The Balaban J connectivity index is 2.31. The number of hydrogen-bond donors (Lipinski definition) is 2. The lowest BCUT2D eigenvalue weighted by molar-refractivity contribution is -0.119. The third kappa shape index (κ3) is 5.26. The normalized spacial score (nSPS) is 11.9. The Morgan fingerprint density at radius 3 is 2.76 bits per heavy atom. The number of nitrogens with one attached hydrogen (secondary N) is 1. The summed E-state index contributed by atoms with van der Waals surface area (Å²) in [5.41, 5.74) is 0. The molecule has 1 aromatic heterocycles. The number of likely N-dealkylation sites (N-methyl/N-ethyl adjacent to an activating group) is 1. The molecule has 1 aromatic rings. The molecule has 1 unspecified atom stereocenters. The van der Waals surface area contributed by atoms with Gasteiger partial charge < -0.3 is 15.3 Å². The van der Waals surface area contributed by atoms with E-state index in [0.29, 0.717) is 18.9 Å². The Hall–Kier alpha value is -1.69. The summed E-state index contributed by atoms with van der Waals surface area (Å²) >= 11 is 0. The molecule has 0 aliphatic carbocycles. The highest BCUT2D eigenvalue weighted by Gasteiger charge is 2.08. The molecule has 0 saturated heterocycles. The molecule has 2 N–H and O–H groups in total. The maximum atomic E-state index is 11.5. The second-order valence-corrected chi connectivity index (χ2v) is 3.89. The average molecular weight is 238 g/mol. The number of carbonyl (C=O) groups is 1. The zero-order valence-corrected chi connectivity index (χ0v) is 10.1.